The number of piperazine rings is 1. The standard InChI is InChI=1S/C22H28FN5O2.HI/c1-24-22(26-12-11-25-21(29)17-7-9-18(30-2)10-8-17)28-15-13-27(14-16-28)20-6-4-3-5-19(20)23;/h3-10H,11-16H2,1-2H3,(H,24,26)(H,25,29);1H. The average molecular weight is 541 g/mol. The first-order chi connectivity index (χ1) is 14.6. The first-order valence-corrected chi connectivity index (χ1v) is 9.99. The molecule has 0 aromatic heterocycles. The minimum Gasteiger partial charge on any atom is -0.497 e. The number of aliphatic imine (C=N–C) groups is 1. The van der Waals surface area contributed by atoms with Crippen molar-refractivity contribution < 1.29 is 13.9 Å². The summed E-state index contributed by atoms with van der Waals surface area (Å²) in [5, 5.41) is 6.17. The van der Waals surface area contributed by atoms with E-state index in [1.807, 2.05) is 17.0 Å². The number of nitrogens with zero attached hydrogens (tertiary/aromatic N) is 3. The highest BCUT2D eigenvalue weighted by Gasteiger charge is 2.21. The molecule has 2 aromatic carbocycles. The van der Waals surface area contributed by atoms with E-state index in [9.17, 15) is 9.18 Å². The van der Waals surface area contributed by atoms with Gasteiger partial charge in [-0.3, -0.25) is 9.79 Å². The molecular formula is C22H29FIN5O2. The smallest absolute Gasteiger partial charge is 0.251 e. The maximum absolute atomic E-state index is 14.0. The van der Waals surface area contributed by atoms with E-state index >= 15 is 0 Å². The van der Waals surface area contributed by atoms with Gasteiger partial charge in [-0.25, -0.2) is 4.39 Å². The van der Waals surface area contributed by atoms with Gasteiger partial charge < -0.3 is 25.2 Å². The SMILES string of the molecule is CN=C(NCCNC(=O)c1ccc(OC)cc1)N1CCN(c2ccccc2F)CC1.I. The van der Waals surface area contributed by atoms with Gasteiger partial charge in [-0.2, -0.15) is 0 Å². The van der Waals surface area contributed by atoms with Crippen LogP contribution >= 0.6 is 24.0 Å². The van der Waals surface area contributed by atoms with Crippen molar-refractivity contribution in [2.45, 2.75) is 0 Å². The van der Waals surface area contributed by atoms with Crippen molar-refractivity contribution in [2.75, 3.05) is 58.3 Å². The Morgan fingerprint density at radius 3 is 2.29 bits per heavy atom. The molecule has 0 spiro atoms. The van der Waals surface area contributed by atoms with Gasteiger partial charge in [0.15, 0.2) is 5.96 Å². The van der Waals surface area contributed by atoms with E-state index in [0.717, 1.165) is 32.1 Å². The highest BCUT2D eigenvalue weighted by molar-refractivity contribution is 14.0. The van der Waals surface area contributed by atoms with Crippen LogP contribution in [0.1, 0.15) is 10.4 Å². The summed E-state index contributed by atoms with van der Waals surface area (Å²) in [6, 6.07) is 13.8. The zero-order valence-corrected chi connectivity index (χ0v) is 20.1. The molecule has 0 bridgehead atoms. The Hall–Kier alpha value is -2.56. The van der Waals surface area contributed by atoms with Crippen LogP contribution in [0.3, 0.4) is 0 Å². The van der Waals surface area contributed by atoms with E-state index in [4.69, 9.17) is 4.74 Å². The monoisotopic (exact) mass is 541 g/mol. The number of halogens is 2. The highest BCUT2D eigenvalue weighted by Crippen LogP contribution is 2.20. The van der Waals surface area contributed by atoms with Crippen molar-refractivity contribution in [3.8, 4) is 5.75 Å². The van der Waals surface area contributed by atoms with Gasteiger partial charge in [0.25, 0.3) is 5.91 Å². The van der Waals surface area contributed by atoms with Crippen molar-refractivity contribution in [3.05, 3.63) is 59.9 Å². The third-order valence-corrected chi connectivity index (χ3v) is 5.03. The van der Waals surface area contributed by atoms with Gasteiger partial charge in [0.05, 0.1) is 12.8 Å². The van der Waals surface area contributed by atoms with E-state index in [0.29, 0.717) is 30.1 Å². The van der Waals surface area contributed by atoms with Gasteiger partial charge in [-0.15, -0.1) is 24.0 Å². The van der Waals surface area contributed by atoms with E-state index in [1.54, 1.807) is 44.5 Å². The van der Waals surface area contributed by atoms with Crippen molar-refractivity contribution in [2.24, 2.45) is 4.99 Å². The lowest BCUT2D eigenvalue weighted by Gasteiger charge is -2.37. The summed E-state index contributed by atoms with van der Waals surface area (Å²) in [4.78, 5) is 20.7. The molecule has 3 rings (SSSR count). The predicted octanol–water partition coefficient (Wildman–Crippen LogP) is 2.58. The van der Waals surface area contributed by atoms with Gasteiger partial charge >= 0.3 is 0 Å². The second kappa shape index (κ2) is 12.3. The molecule has 1 fully saturated rings. The predicted molar refractivity (Wildman–Crippen MR) is 132 cm³/mol. The summed E-state index contributed by atoms with van der Waals surface area (Å²) in [6.07, 6.45) is 0. The number of methoxy groups -OCH3 is 1. The third kappa shape index (κ3) is 6.71. The van der Waals surface area contributed by atoms with E-state index < -0.39 is 0 Å². The molecule has 1 heterocycles. The number of ether oxygens (including phenoxy) is 1. The van der Waals surface area contributed by atoms with Crippen LogP contribution < -0.4 is 20.3 Å². The van der Waals surface area contributed by atoms with Gasteiger partial charge in [-0.1, -0.05) is 12.1 Å². The Bertz CT molecular complexity index is 870. The van der Waals surface area contributed by atoms with Crippen LogP contribution in [0.4, 0.5) is 10.1 Å². The van der Waals surface area contributed by atoms with Gasteiger partial charge in [0, 0.05) is 51.9 Å². The number of nitrogens with one attached hydrogen (secondary N) is 2. The summed E-state index contributed by atoms with van der Waals surface area (Å²) < 4.78 is 19.1. The number of carbonyl (C=O) groups excluding carboxylic acids is 1. The zero-order chi connectivity index (χ0) is 21.3. The van der Waals surface area contributed by atoms with Crippen molar-refractivity contribution in [1.82, 2.24) is 15.5 Å². The number of amides is 1. The summed E-state index contributed by atoms with van der Waals surface area (Å²) in [5.74, 6) is 1.17. The maximum Gasteiger partial charge on any atom is 0.251 e. The Kier molecular flexibility index (Phi) is 9.83. The highest BCUT2D eigenvalue weighted by atomic mass is 127. The number of anilines is 1. The molecule has 0 unspecified atom stereocenters. The van der Waals surface area contributed by atoms with Gasteiger partial charge in [0.2, 0.25) is 0 Å². The number of rotatable bonds is 6. The summed E-state index contributed by atoms with van der Waals surface area (Å²) in [6.45, 7) is 3.95. The molecule has 9 heteroatoms. The van der Waals surface area contributed by atoms with Crippen LogP contribution in [0.25, 0.3) is 0 Å². The molecule has 2 aromatic rings. The van der Waals surface area contributed by atoms with Crippen LogP contribution in [-0.4, -0.2) is 70.2 Å². The number of hydrogen-bond donors (Lipinski definition) is 2. The van der Waals surface area contributed by atoms with Gasteiger partial charge in [0.1, 0.15) is 11.6 Å². The molecule has 7 nitrogen and oxygen atoms in total. The zero-order valence-electron chi connectivity index (χ0n) is 17.8. The minimum absolute atomic E-state index is 0. The van der Waals surface area contributed by atoms with Crippen LogP contribution in [0.2, 0.25) is 0 Å². The van der Waals surface area contributed by atoms with Crippen molar-refractivity contribution >= 4 is 41.5 Å². The molecule has 1 aliphatic rings. The van der Waals surface area contributed by atoms with Crippen molar-refractivity contribution in [3.63, 3.8) is 0 Å². The third-order valence-electron chi connectivity index (χ3n) is 5.03. The molecule has 2 N–H and O–H groups in total. The van der Waals surface area contributed by atoms with Gasteiger partial charge in [-0.05, 0) is 36.4 Å². The molecule has 1 amide bonds. The molecule has 0 atom stereocenters. The Morgan fingerprint density at radius 2 is 1.68 bits per heavy atom. The van der Waals surface area contributed by atoms with Crippen LogP contribution in [-0.2, 0) is 0 Å². The lowest BCUT2D eigenvalue weighted by Crippen LogP contribution is -2.53. The lowest BCUT2D eigenvalue weighted by atomic mass is 10.2. The molecular weight excluding hydrogens is 512 g/mol. The van der Waals surface area contributed by atoms with E-state index in [-0.39, 0.29) is 35.7 Å². The average Bonchev–Trinajstić information content (AvgIpc) is 2.79. The number of carbonyl (C=O) groups is 1. The largest absolute Gasteiger partial charge is 0.497 e. The quantitative estimate of drug-likeness (QED) is 0.255. The molecule has 1 saturated heterocycles. The van der Waals surface area contributed by atoms with Crippen LogP contribution in [0.15, 0.2) is 53.5 Å². The molecule has 168 valence electrons. The summed E-state index contributed by atoms with van der Waals surface area (Å²) in [5.41, 5.74) is 1.23. The fraction of sp³-hybridized carbons (Fsp3) is 0.364. The fourth-order valence-electron chi connectivity index (χ4n) is 3.39. The Morgan fingerprint density at radius 1 is 1.03 bits per heavy atom. The van der Waals surface area contributed by atoms with Crippen molar-refractivity contribution in [1.29, 1.82) is 0 Å². The minimum atomic E-state index is -0.193. The Balaban J connectivity index is 0.00000341. The lowest BCUT2D eigenvalue weighted by molar-refractivity contribution is 0.0954. The number of para-hydroxylation sites is 1. The van der Waals surface area contributed by atoms with E-state index in [2.05, 4.69) is 20.5 Å². The van der Waals surface area contributed by atoms with Crippen LogP contribution in [0, 0.1) is 5.82 Å². The number of hydrogen-bond acceptors (Lipinski definition) is 4. The first-order valence-electron chi connectivity index (χ1n) is 9.99. The normalized spacial score (nSPS) is 14.0. The second-order valence-corrected chi connectivity index (χ2v) is 6.88. The molecule has 0 aliphatic carbocycles. The fourth-order valence-corrected chi connectivity index (χ4v) is 3.39. The topological polar surface area (TPSA) is 69.2 Å². The molecule has 1 aliphatic heterocycles. The molecule has 0 saturated carbocycles. The molecule has 0 radical (unpaired) electrons. The number of guanidine groups is 1. The van der Waals surface area contributed by atoms with Crippen LogP contribution in [0.5, 0.6) is 5.75 Å². The summed E-state index contributed by atoms with van der Waals surface area (Å²) in [7, 11) is 3.33. The number of benzene rings is 2. The first kappa shape index (κ1) is 24.7. The summed E-state index contributed by atoms with van der Waals surface area (Å²) >= 11 is 0. The maximum atomic E-state index is 14.0. The Labute approximate surface area is 199 Å². The molecule has 31 heavy (non-hydrogen) atoms. The van der Waals surface area contributed by atoms with E-state index in [1.165, 1.54) is 6.07 Å². The second-order valence-electron chi connectivity index (χ2n) is 6.88.